The van der Waals surface area contributed by atoms with Crippen LogP contribution in [0.4, 0.5) is 4.39 Å². The zero-order valence-corrected chi connectivity index (χ0v) is 19.6. The van der Waals surface area contributed by atoms with E-state index in [-0.39, 0.29) is 30.2 Å². The third-order valence-electron chi connectivity index (χ3n) is 6.97. The van der Waals surface area contributed by atoms with E-state index in [1.165, 1.54) is 6.07 Å². The van der Waals surface area contributed by atoms with Crippen molar-refractivity contribution in [2.75, 3.05) is 13.2 Å². The Balaban J connectivity index is 1.47. The van der Waals surface area contributed by atoms with Gasteiger partial charge in [-0.05, 0) is 43.9 Å². The first-order valence-electron chi connectivity index (χ1n) is 12.3. The smallest absolute Gasteiger partial charge is 0.247 e. The zero-order valence-electron chi connectivity index (χ0n) is 19.6. The van der Waals surface area contributed by atoms with Gasteiger partial charge in [0.2, 0.25) is 11.8 Å². The molecule has 0 unspecified atom stereocenters. The minimum atomic E-state index is -1.08. The third kappa shape index (κ3) is 5.05. The normalized spacial score (nSPS) is 19.2. The Bertz CT molecular complexity index is 1190. The number of hydrogen-bond acceptors (Lipinski definition) is 5. The number of fused-ring (bicyclic) bond motifs is 1. The van der Waals surface area contributed by atoms with Crippen molar-refractivity contribution in [3.8, 4) is 0 Å². The zero-order chi connectivity index (χ0) is 24.2. The number of halogens is 1. The van der Waals surface area contributed by atoms with Gasteiger partial charge in [-0.2, -0.15) is 0 Å². The molecular weight excluding hydrogens is 449 g/mol. The number of nitrogens with one attached hydrogen (secondary N) is 1. The SMILES string of the molecule is O=C(NC[C@@H]1CCCO1)[C@H](c1ccccc1F)N(C(=O)Cn1nnc2ccccc21)C1CCCC1. The number of rotatable bonds is 8. The lowest BCUT2D eigenvalue weighted by Gasteiger charge is -2.36. The lowest BCUT2D eigenvalue weighted by Crippen LogP contribution is -2.50. The topological polar surface area (TPSA) is 89.4 Å². The van der Waals surface area contributed by atoms with Gasteiger partial charge in [0.05, 0.1) is 11.6 Å². The molecule has 2 aromatic carbocycles. The van der Waals surface area contributed by atoms with E-state index in [9.17, 15) is 9.59 Å². The van der Waals surface area contributed by atoms with Gasteiger partial charge < -0.3 is 15.0 Å². The molecule has 2 atom stereocenters. The van der Waals surface area contributed by atoms with Crippen molar-refractivity contribution in [1.82, 2.24) is 25.2 Å². The summed E-state index contributed by atoms with van der Waals surface area (Å²) in [6.07, 6.45) is 5.23. The molecule has 0 radical (unpaired) electrons. The average Bonchev–Trinajstić information content (AvgIpc) is 3.64. The van der Waals surface area contributed by atoms with Crippen LogP contribution >= 0.6 is 0 Å². The molecule has 8 nitrogen and oxygen atoms in total. The molecule has 2 fully saturated rings. The van der Waals surface area contributed by atoms with Crippen LogP contribution in [-0.4, -0.2) is 57.0 Å². The molecule has 2 amide bonds. The first-order chi connectivity index (χ1) is 17.1. The van der Waals surface area contributed by atoms with E-state index in [1.807, 2.05) is 24.3 Å². The van der Waals surface area contributed by atoms with Crippen LogP contribution in [0.2, 0.25) is 0 Å². The van der Waals surface area contributed by atoms with Crippen molar-refractivity contribution in [2.45, 2.75) is 63.3 Å². The van der Waals surface area contributed by atoms with Crippen LogP contribution in [0.25, 0.3) is 11.0 Å². The number of hydrogen-bond donors (Lipinski definition) is 1. The van der Waals surface area contributed by atoms with E-state index in [1.54, 1.807) is 27.8 Å². The van der Waals surface area contributed by atoms with Crippen molar-refractivity contribution < 1.29 is 18.7 Å². The fraction of sp³-hybridized carbons (Fsp3) is 0.462. The van der Waals surface area contributed by atoms with E-state index in [2.05, 4.69) is 15.6 Å². The molecule has 184 valence electrons. The largest absolute Gasteiger partial charge is 0.376 e. The third-order valence-corrected chi connectivity index (χ3v) is 6.97. The van der Waals surface area contributed by atoms with E-state index in [0.29, 0.717) is 18.7 Å². The summed E-state index contributed by atoms with van der Waals surface area (Å²) in [5, 5.41) is 11.2. The molecule has 1 aromatic heterocycles. The van der Waals surface area contributed by atoms with Crippen LogP contribution in [-0.2, 0) is 20.9 Å². The quantitative estimate of drug-likeness (QED) is 0.535. The maximum absolute atomic E-state index is 15.1. The summed E-state index contributed by atoms with van der Waals surface area (Å²) in [6, 6.07) is 12.4. The van der Waals surface area contributed by atoms with Gasteiger partial charge in [-0.3, -0.25) is 9.59 Å². The molecule has 0 spiro atoms. The number of carbonyl (C=O) groups is 2. The Morgan fingerprint density at radius 3 is 2.63 bits per heavy atom. The van der Waals surface area contributed by atoms with Gasteiger partial charge in [0, 0.05) is 24.8 Å². The molecule has 3 aromatic rings. The van der Waals surface area contributed by atoms with Crippen molar-refractivity contribution in [2.24, 2.45) is 0 Å². The molecule has 2 heterocycles. The predicted molar refractivity (Wildman–Crippen MR) is 128 cm³/mol. The Hall–Kier alpha value is -3.33. The molecular formula is C26H30FN5O3. The van der Waals surface area contributed by atoms with Crippen LogP contribution in [0.15, 0.2) is 48.5 Å². The lowest BCUT2D eigenvalue weighted by atomic mass is 10.00. The number of ether oxygens (including phenoxy) is 1. The van der Waals surface area contributed by atoms with Crippen molar-refractivity contribution in [3.63, 3.8) is 0 Å². The number of benzene rings is 2. The molecule has 1 saturated carbocycles. The fourth-order valence-electron chi connectivity index (χ4n) is 5.22. The Morgan fingerprint density at radius 1 is 1.09 bits per heavy atom. The summed E-state index contributed by atoms with van der Waals surface area (Å²) in [4.78, 5) is 29.0. The van der Waals surface area contributed by atoms with Crippen LogP contribution in [0.3, 0.4) is 0 Å². The summed E-state index contributed by atoms with van der Waals surface area (Å²) in [7, 11) is 0. The number of nitrogens with zero attached hydrogens (tertiary/aromatic N) is 4. The average molecular weight is 480 g/mol. The van der Waals surface area contributed by atoms with E-state index >= 15 is 4.39 Å². The number of amides is 2. The summed E-state index contributed by atoms with van der Waals surface area (Å²) >= 11 is 0. The molecule has 5 rings (SSSR count). The molecule has 1 aliphatic heterocycles. The molecule has 1 aliphatic carbocycles. The van der Waals surface area contributed by atoms with Gasteiger partial charge >= 0.3 is 0 Å². The number of para-hydroxylation sites is 1. The maximum atomic E-state index is 15.1. The van der Waals surface area contributed by atoms with Crippen molar-refractivity contribution >= 4 is 22.8 Å². The molecule has 35 heavy (non-hydrogen) atoms. The van der Waals surface area contributed by atoms with Gasteiger partial charge in [-0.1, -0.05) is 48.4 Å². The minimum absolute atomic E-state index is 0.0580. The second-order valence-corrected chi connectivity index (χ2v) is 9.28. The molecule has 1 N–H and O–H groups in total. The lowest BCUT2D eigenvalue weighted by molar-refractivity contribution is -0.144. The molecule has 2 aliphatic rings. The summed E-state index contributed by atoms with van der Waals surface area (Å²) < 4.78 is 22.3. The second-order valence-electron chi connectivity index (χ2n) is 9.28. The Kier molecular flexibility index (Phi) is 7.03. The van der Waals surface area contributed by atoms with Gasteiger partial charge in [0.15, 0.2) is 0 Å². The highest BCUT2D eigenvalue weighted by Crippen LogP contribution is 2.33. The van der Waals surface area contributed by atoms with Crippen LogP contribution in [0.1, 0.15) is 50.1 Å². The summed E-state index contributed by atoms with van der Waals surface area (Å²) in [5.74, 6) is -1.19. The van der Waals surface area contributed by atoms with E-state index < -0.39 is 17.8 Å². The summed E-state index contributed by atoms with van der Waals surface area (Å²) in [5.41, 5.74) is 1.62. The van der Waals surface area contributed by atoms with Gasteiger partial charge in [0.1, 0.15) is 23.9 Å². The fourth-order valence-corrected chi connectivity index (χ4v) is 5.22. The van der Waals surface area contributed by atoms with Gasteiger partial charge in [0.25, 0.3) is 0 Å². The second kappa shape index (κ2) is 10.5. The van der Waals surface area contributed by atoms with Gasteiger partial charge in [-0.15, -0.1) is 5.10 Å². The molecule has 9 heteroatoms. The minimum Gasteiger partial charge on any atom is -0.376 e. The monoisotopic (exact) mass is 479 g/mol. The van der Waals surface area contributed by atoms with Gasteiger partial charge in [-0.25, -0.2) is 9.07 Å². The standard InChI is InChI=1S/C26H30FN5O3/c27-21-12-4-3-11-20(21)25(26(34)28-16-19-10-7-15-35-19)32(18-8-1-2-9-18)24(33)17-31-23-14-6-5-13-22(23)29-30-31/h3-6,11-14,18-19,25H,1-2,7-10,15-17H2,(H,28,34)/t19-,25-/m0/s1. The Labute approximate surface area is 203 Å². The highest BCUT2D eigenvalue weighted by atomic mass is 19.1. The Morgan fingerprint density at radius 2 is 1.86 bits per heavy atom. The first-order valence-corrected chi connectivity index (χ1v) is 12.3. The van der Waals surface area contributed by atoms with Crippen LogP contribution in [0.5, 0.6) is 0 Å². The molecule has 1 saturated heterocycles. The highest BCUT2D eigenvalue weighted by molar-refractivity contribution is 5.89. The maximum Gasteiger partial charge on any atom is 0.247 e. The van der Waals surface area contributed by atoms with E-state index in [0.717, 1.165) is 44.0 Å². The van der Waals surface area contributed by atoms with Crippen LogP contribution in [0, 0.1) is 5.82 Å². The number of carbonyl (C=O) groups excluding carboxylic acids is 2. The molecule has 0 bridgehead atoms. The van der Waals surface area contributed by atoms with Crippen LogP contribution < -0.4 is 5.32 Å². The summed E-state index contributed by atoms with van der Waals surface area (Å²) in [6.45, 7) is 0.932. The highest BCUT2D eigenvalue weighted by Gasteiger charge is 2.39. The van der Waals surface area contributed by atoms with Crippen molar-refractivity contribution in [1.29, 1.82) is 0 Å². The van der Waals surface area contributed by atoms with Crippen molar-refractivity contribution in [3.05, 3.63) is 59.9 Å². The first kappa shape index (κ1) is 23.4. The van der Waals surface area contributed by atoms with E-state index in [4.69, 9.17) is 4.74 Å². The number of aromatic nitrogens is 3. The predicted octanol–water partition coefficient (Wildman–Crippen LogP) is 3.38.